The van der Waals surface area contributed by atoms with E-state index in [0.717, 1.165) is 25.1 Å². The first-order chi connectivity index (χ1) is 10.1. The quantitative estimate of drug-likeness (QED) is 0.878. The van der Waals surface area contributed by atoms with E-state index >= 15 is 0 Å². The predicted octanol–water partition coefficient (Wildman–Crippen LogP) is 1.32. The van der Waals surface area contributed by atoms with E-state index in [-0.39, 0.29) is 23.3 Å². The van der Waals surface area contributed by atoms with Crippen molar-refractivity contribution in [2.75, 3.05) is 13.1 Å². The van der Waals surface area contributed by atoms with Crippen LogP contribution < -0.4 is 10.0 Å². The maximum atomic E-state index is 12.4. The van der Waals surface area contributed by atoms with Crippen molar-refractivity contribution in [3.63, 3.8) is 0 Å². The van der Waals surface area contributed by atoms with Crippen LogP contribution in [0.5, 0.6) is 0 Å². The largest absolute Gasteiger partial charge is 0.315 e. The maximum Gasteiger partial charge on any atom is 0.244 e. The zero-order valence-electron chi connectivity index (χ0n) is 12.0. The van der Waals surface area contributed by atoms with Gasteiger partial charge in [-0.25, -0.2) is 17.8 Å². The average molecular weight is 343 g/mol. The van der Waals surface area contributed by atoms with Gasteiger partial charge in [-0.1, -0.05) is 18.2 Å². The van der Waals surface area contributed by atoms with Crippen LogP contribution in [0.15, 0.2) is 47.6 Å². The Bertz CT molecular complexity index is 697. The van der Waals surface area contributed by atoms with Crippen molar-refractivity contribution in [1.82, 2.24) is 19.8 Å². The van der Waals surface area contributed by atoms with Crippen LogP contribution in [0.25, 0.3) is 5.69 Å². The molecule has 0 radical (unpaired) electrons. The van der Waals surface area contributed by atoms with Crippen molar-refractivity contribution >= 4 is 22.4 Å². The van der Waals surface area contributed by atoms with E-state index in [1.165, 1.54) is 12.4 Å². The van der Waals surface area contributed by atoms with E-state index < -0.39 is 10.0 Å². The van der Waals surface area contributed by atoms with Crippen molar-refractivity contribution < 1.29 is 8.42 Å². The third-order valence-corrected chi connectivity index (χ3v) is 4.98. The van der Waals surface area contributed by atoms with Crippen molar-refractivity contribution in [2.24, 2.45) is 0 Å². The monoisotopic (exact) mass is 342 g/mol. The first-order valence-electron chi connectivity index (χ1n) is 6.98. The average Bonchev–Trinajstić information content (AvgIpc) is 2.99. The molecule has 1 unspecified atom stereocenters. The smallest absolute Gasteiger partial charge is 0.244 e. The van der Waals surface area contributed by atoms with Gasteiger partial charge in [-0.3, -0.25) is 0 Å². The minimum absolute atomic E-state index is 0. The Balaban J connectivity index is 0.00000176. The summed E-state index contributed by atoms with van der Waals surface area (Å²) >= 11 is 0. The molecule has 0 saturated carbocycles. The van der Waals surface area contributed by atoms with Crippen molar-refractivity contribution in [3.05, 3.63) is 42.7 Å². The Morgan fingerprint density at radius 3 is 2.73 bits per heavy atom. The molecule has 120 valence electrons. The molecule has 2 N–H and O–H groups in total. The Labute approximate surface area is 136 Å². The maximum absolute atomic E-state index is 12.4. The van der Waals surface area contributed by atoms with Crippen molar-refractivity contribution in [2.45, 2.75) is 23.8 Å². The van der Waals surface area contributed by atoms with Crippen LogP contribution in [0.3, 0.4) is 0 Å². The number of nitrogens with zero attached hydrogens (tertiary/aromatic N) is 2. The molecule has 0 spiro atoms. The molecule has 1 atom stereocenters. The molecule has 2 aromatic rings. The summed E-state index contributed by atoms with van der Waals surface area (Å²) in [6.07, 6.45) is 4.76. The van der Waals surface area contributed by atoms with Crippen molar-refractivity contribution in [1.29, 1.82) is 0 Å². The van der Waals surface area contributed by atoms with Gasteiger partial charge in [0.1, 0.15) is 4.90 Å². The summed E-state index contributed by atoms with van der Waals surface area (Å²) in [7, 11) is -3.52. The third-order valence-electron chi connectivity index (χ3n) is 3.51. The molecular formula is C14H19ClN4O2S. The lowest BCUT2D eigenvalue weighted by Crippen LogP contribution is -2.45. The number of hydrogen-bond acceptors (Lipinski definition) is 4. The molecule has 1 aliphatic heterocycles. The molecule has 0 bridgehead atoms. The predicted molar refractivity (Wildman–Crippen MR) is 87.0 cm³/mol. The third kappa shape index (κ3) is 3.86. The van der Waals surface area contributed by atoms with Crippen LogP contribution in [0, 0.1) is 0 Å². The van der Waals surface area contributed by atoms with Crippen LogP contribution in [0.2, 0.25) is 0 Å². The van der Waals surface area contributed by atoms with Crippen LogP contribution in [-0.4, -0.2) is 37.3 Å². The number of hydrogen-bond donors (Lipinski definition) is 2. The number of rotatable bonds is 4. The molecule has 8 heteroatoms. The summed E-state index contributed by atoms with van der Waals surface area (Å²) in [6.45, 7) is 1.62. The van der Waals surface area contributed by atoms with Gasteiger partial charge in [0.15, 0.2) is 0 Å². The molecule has 1 aromatic carbocycles. The van der Waals surface area contributed by atoms with Gasteiger partial charge in [-0.2, -0.15) is 5.10 Å². The summed E-state index contributed by atoms with van der Waals surface area (Å²) in [5, 5.41) is 7.32. The number of benzene rings is 1. The van der Waals surface area contributed by atoms with E-state index in [9.17, 15) is 8.42 Å². The second kappa shape index (κ2) is 7.23. The molecule has 1 aliphatic rings. The zero-order chi connectivity index (χ0) is 14.7. The van der Waals surface area contributed by atoms with Gasteiger partial charge in [0.2, 0.25) is 10.0 Å². The van der Waals surface area contributed by atoms with Gasteiger partial charge in [0.25, 0.3) is 0 Å². The van der Waals surface area contributed by atoms with Crippen LogP contribution in [0.1, 0.15) is 12.8 Å². The van der Waals surface area contributed by atoms with E-state index in [2.05, 4.69) is 15.1 Å². The lowest BCUT2D eigenvalue weighted by Gasteiger charge is -2.23. The highest BCUT2D eigenvalue weighted by Gasteiger charge is 2.23. The summed E-state index contributed by atoms with van der Waals surface area (Å²) in [6, 6.07) is 9.38. The van der Waals surface area contributed by atoms with E-state index in [1.54, 1.807) is 4.68 Å². The molecule has 1 fully saturated rings. The lowest BCUT2D eigenvalue weighted by atomic mass is 10.1. The van der Waals surface area contributed by atoms with E-state index in [0.29, 0.717) is 6.54 Å². The second-order valence-corrected chi connectivity index (χ2v) is 6.83. The summed E-state index contributed by atoms with van der Waals surface area (Å²) in [5.41, 5.74) is 0.832. The number of halogens is 1. The summed E-state index contributed by atoms with van der Waals surface area (Å²) in [5.74, 6) is 0. The van der Waals surface area contributed by atoms with Crippen LogP contribution in [-0.2, 0) is 10.0 Å². The molecule has 2 heterocycles. The normalized spacial score (nSPS) is 18.6. The fraction of sp³-hybridized carbons (Fsp3) is 0.357. The Kier molecular flexibility index (Phi) is 5.57. The highest BCUT2D eigenvalue weighted by Crippen LogP contribution is 2.13. The molecule has 22 heavy (non-hydrogen) atoms. The lowest BCUT2D eigenvalue weighted by molar-refractivity contribution is 0.428. The fourth-order valence-corrected chi connectivity index (χ4v) is 3.61. The molecule has 3 rings (SSSR count). The van der Waals surface area contributed by atoms with Gasteiger partial charge in [-0.05, 0) is 31.5 Å². The molecule has 0 amide bonds. The van der Waals surface area contributed by atoms with Gasteiger partial charge < -0.3 is 5.32 Å². The Hall–Kier alpha value is -1.41. The zero-order valence-corrected chi connectivity index (χ0v) is 13.6. The first kappa shape index (κ1) is 17.0. The van der Waals surface area contributed by atoms with E-state index in [1.807, 2.05) is 30.3 Å². The van der Waals surface area contributed by atoms with Crippen LogP contribution >= 0.6 is 12.4 Å². The number of para-hydroxylation sites is 1. The van der Waals surface area contributed by atoms with Gasteiger partial charge in [0.05, 0.1) is 18.1 Å². The molecule has 6 nitrogen and oxygen atoms in total. The SMILES string of the molecule is Cl.O=S(=O)(NC1CCCNC1)c1cnn(-c2ccccc2)c1. The minimum atomic E-state index is -3.52. The number of nitrogens with one attached hydrogen (secondary N) is 2. The molecule has 1 saturated heterocycles. The van der Waals surface area contributed by atoms with Crippen molar-refractivity contribution in [3.8, 4) is 5.69 Å². The molecule has 1 aromatic heterocycles. The van der Waals surface area contributed by atoms with Crippen LogP contribution in [0.4, 0.5) is 0 Å². The Morgan fingerprint density at radius 1 is 1.27 bits per heavy atom. The summed E-state index contributed by atoms with van der Waals surface area (Å²) in [4.78, 5) is 0.192. The minimum Gasteiger partial charge on any atom is -0.315 e. The van der Waals surface area contributed by atoms with E-state index in [4.69, 9.17) is 0 Å². The highest BCUT2D eigenvalue weighted by atomic mass is 35.5. The summed E-state index contributed by atoms with van der Waals surface area (Å²) < 4.78 is 29.0. The Morgan fingerprint density at radius 2 is 2.05 bits per heavy atom. The number of sulfonamides is 1. The molecular weight excluding hydrogens is 324 g/mol. The van der Waals surface area contributed by atoms with Gasteiger partial charge in [-0.15, -0.1) is 12.4 Å². The highest BCUT2D eigenvalue weighted by molar-refractivity contribution is 7.89. The number of aromatic nitrogens is 2. The molecule has 0 aliphatic carbocycles. The second-order valence-electron chi connectivity index (χ2n) is 5.12. The standard InChI is InChI=1S/C14H18N4O2S.ClH/c19-21(20,17-12-5-4-8-15-9-12)14-10-16-18(11-14)13-6-2-1-3-7-13;/h1-3,6-7,10-12,15,17H,4-5,8-9H2;1H. The van der Waals surface area contributed by atoms with Gasteiger partial charge in [0, 0.05) is 12.6 Å². The van der Waals surface area contributed by atoms with Gasteiger partial charge >= 0.3 is 0 Å². The first-order valence-corrected chi connectivity index (χ1v) is 8.47. The number of piperidine rings is 1. The fourth-order valence-electron chi connectivity index (χ4n) is 2.41. The topological polar surface area (TPSA) is 76.0 Å².